The van der Waals surface area contributed by atoms with Gasteiger partial charge in [0.15, 0.2) is 0 Å². The highest BCUT2D eigenvalue weighted by atomic mass is 16.5. The molecule has 1 atom stereocenters. The highest BCUT2D eigenvalue weighted by molar-refractivity contribution is 4.81. The predicted octanol–water partition coefficient (Wildman–Crippen LogP) is 2.46. The molecule has 0 bridgehead atoms. The maximum absolute atomic E-state index is 10.2. The van der Waals surface area contributed by atoms with E-state index in [0.29, 0.717) is 12.5 Å². The molecule has 0 aromatic heterocycles. The molecule has 0 rings (SSSR count). The molecule has 1 unspecified atom stereocenters. The Labute approximate surface area is 82.3 Å². The van der Waals surface area contributed by atoms with E-state index < -0.39 is 5.60 Å². The minimum absolute atomic E-state index is 0.256. The third-order valence-corrected chi connectivity index (χ3v) is 2.62. The Kier molecular flexibility index (Phi) is 5.57. The summed E-state index contributed by atoms with van der Waals surface area (Å²) in [6, 6.07) is 0. The van der Waals surface area contributed by atoms with Crippen molar-refractivity contribution in [1.29, 1.82) is 0 Å². The number of ether oxygens (including phenoxy) is 1. The van der Waals surface area contributed by atoms with Crippen LogP contribution in [-0.4, -0.2) is 24.4 Å². The van der Waals surface area contributed by atoms with Gasteiger partial charge in [-0.3, -0.25) is 0 Å². The summed E-state index contributed by atoms with van der Waals surface area (Å²) in [6.45, 7) is 8.87. The van der Waals surface area contributed by atoms with Crippen LogP contribution < -0.4 is 0 Å². The molecular formula is C11H24O2. The maximum atomic E-state index is 10.2. The van der Waals surface area contributed by atoms with Crippen LogP contribution in [0.3, 0.4) is 0 Å². The summed E-state index contributed by atoms with van der Waals surface area (Å²) in [6.07, 6.45) is 1.88. The van der Waals surface area contributed by atoms with Crippen molar-refractivity contribution in [2.24, 2.45) is 11.8 Å². The second-order valence-corrected chi connectivity index (χ2v) is 4.62. The van der Waals surface area contributed by atoms with E-state index >= 15 is 0 Å². The van der Waals surface area contributed by atoms with Crippen molar-refractivity contribution in [2.75, 3.05) is 13.7 Å². The molecule has 0 aromatic rings. The van der Waals surface area contributed by atoms with Gasteiger partial charge < -0.3 is 9.84 Å². The zero-order valence-corrected chi connectivity index (χ0v) is 9.63. The van der Waals surface area contributed by atoms with E-state index in [4.69, 9.17) is 4.74 Å². The van der Waals surface area contributed by atoms with Crippen LogP contribution in [0.1, 0.15) is 40.5 Å². The number of aliphatic hydroxyl groups is 1. The quantitative estimate of drug-likeness (QED) is 0.694. The molecule has 0 aromatic carbocycles. The molecule has 80 valence electrons. The Hall–Kier alpha value is -0.0800. The molecule has 0 heterocycles. The summed E-state index contributed by atoms with van der Waals surface area (Å²) in [5.41, 5.74) is -0.640. The van der Waals surface area contributed by atoms with Gasteiger partial charge in [0.05, 0.1) is 12.2 Å². The number of methoxy groups -OCH3 is 1. The van der Waals surface area contributed by atoms with Gasteiger partial charge in [-0.2, -0.15) is 0 Å². The van der Waals surface area contributed by atoms with Gasteiger partial charge in [-0.15, -0.1) is 0 Å². The monoisotopic (exact) mass is 188 g/mol. The van der Waals surface area contributed by atoms with Crippen molar-refractivity contribution in [3.05, 3.63) is 0 Å². The average molecular weight is 188 g/mol. The standard InChI is InChI=1S/C11H24O2/c1-9(2)6-7-11(12,8-13-5)10(3)4/h9-10,12H,6-8H2,1-5H3. The molecule has 0 fully saturated rings. The molecule has 0 radical (unpaired) electrons. The van der Waals surface area contributed by atoms with Gasteiger partial charge in [0, 0.05) is 7.11 Å². The zero-order valence-electron chi connectivity index (χ0n) is 9.63. The smallest absolute Gasteiger partial charge is 0.0902 e. The zero-order chi connectivity index (χ0) is 10.5. The van der Waals surface area contributed by atoms with Gasteiger partial charge in [0.2, 0.25) is 0 Å². The first kappa shape index (κ1) is 12.9. The normalized spacial score (nSPS) is 16.6. The summed E-state index contributed by atoms with van der Waals surface area (Å²) in [4.78, 5) is 0. The van der Waals surface area contributed by atoms with Crippen LogP contribution >= 0.6 is 0 Å². The topological polar surface area (TPSA) is 29.5 Å². The van der Waals surface area contributed by atoms with Gasteiger partial charge in [-0.25, -0.2) is 0 Å². The SMILES string of the molecule is COCC(O)(CCC(C)C)C(C)C. The number of hydrogen-bond donors (Lipinski definition) is 1. The molecule has 0 amide bonds. The first-order valence-corrected chi connectivity index (χ1v) is 5.13. The van der Waals surface area contributed by atoms with E-state index in [2.05, 4.69) is 13.8 Å². The minimum atomic E-state index is -0.640. The lowest BCUT2D eigenvalue weighted by Gasteiger charge is -2.32. The average Bonchev–Trinajstić information content (AvgIpc) is 2.01. The minimum Gasteiger partial charge on any atom is -0.387 e. The molecule has 0 aliphatic rings. The number of rotatable bonds is 6. The van der Waals surface area contributed by atoms with Crippen LogP contribution in [0.25, 0.3) is 0 Å². The fourth-order valence-electron chi connectivity index (χ4n) is 1.32. The Bertz CT molecular complexity index is 132. The van der Waals surface area contributed by atoms with Crippen molar-refractivity contribution < 1.29 is 9.84 Å². The van der Waals surface area contributed by atoms with Crippen LogP contribution in [0.5, 0.6) is 0 Å². The predicted molar refractivity (Wildman–Crippen MR) is 55.7 cm³/mol. The van der Waals surface area contributed by atoms with Crippen LogP contribution in [-0.2, 0) is 4.74 Å². The second-order valence-electron chi connectivity index (χ2n) is 4.62. The van der Waals surface area contributed by atoms with E-state index in [1.165, 1.54) is 0 Å². The van der Waals surface area contributed by atoms with Crippen molar-refractivity contribution in [3.8, 4) is 0 Å². The molecule has 0 spiro atoms. The van der Waals surface area contributed by atoms with E-state index in [-0.39, 0.29) is 5.92 Å². The Morgan fingerprint density at radius 1 is 1.23 bits per heavy atom. The van der Waals surface area contributed by atoms with Gasteiger partial charge in [0.1, 0.15) is 0 Å². The lowest BCUT2D eigenvalue weighted by atomic mass is 9.85. The molecule has 2 heteroatoms. The fraction of sp³-hybridized carbons (Fsp3) is 1.00. The molecule has 0 saturated carbocycles. The second kappa shape index (κ2) is 5.61. The van der Waals surface area contributed by atoms with E-state index in [1.54, 1.807) is 7.11 Å². The fourth-order valence-corrected chi connectivity index (χ4v) is 1.32. The maximum Gasteiger partial charge on any atom is 0.0902 e. The van der Waals surface area contributed by atoms with Gasteiger partial charge >= 0.3 is 0 Å². The van der Waals surface area contributed by atoms with Crippen molar-refractivity contribution in [1.82, 2.24) is 0 Å². The summed E-state index contributed by atoms with van der Waals surface area (Å²) < 4.78 is 5.05. The molecule has 0 saturated heterocycles. The molecule has 0 aliphatic heterocycles. The Morgan fingerprint density at radius 3 is 2.08 bits per heavy atom. The van der Waals surface area contributed by atoms with Crippen LogP contribution in [0.2, 0.25) is 0 Å². The molecule has 0 aliphatic carbocycles. The van der Waals surface area contributed by atoms with E-state index in [9.17, 15) is 5.11 Å². The first-order valence-electron chi connectivity index (χ1n) is 5.13. The van der Waals surface area contributed by atoms with Gasteiger partial charge in [-0.05, 0) is 24.7 Å². The molecular weight excluding hydrogens is 164 g/mol. The van der Waals surface area contributed by atoms with Gasteiger partial charge in [-0.1, -0.05) is 27.7 Å². The summed E-state index contributed by atoms with van der Waals surface area (Å²) in [5.74, 6) is 0.897. The van der Waals surface area contributed by atoms with E-state index in [0.717, 1.165) is 12.8 Å². The Balaban J connectivity index is 4.07. The first-order chi connectivity index (χ1) is 5.92. The molecule has 2 nitrogen and oxygen atoms in total. The highest BCUT2D eigenvalue weighted by Gasteiger charge is 2.30. The molecule has 1 N–H and O–H groups in total. The lowest BCUT2D eigenvalue weighted by Crippen LogP contribution is -2.40. The highest BCUT2D eigenvalue weighted by Crippen LogP contribution is 2.25. The van der Waals surface area contributed by atoms with Crippen molar-refractivity contribution in [3.63, 3.8) is 0 Å². The third kappa shape index (κ3) is 4.63. The van der Waals surface area contributed by atoms with Crippen LogP contribution in [0.15, 0.2) is 0 Å². The third-order valence-electron chi connectivity index (χ3n) is 2.62. The molecule has 13 heavy (non-hydrogen) atoms. The van der Waals surface area contributed by atoms with Crippen molar-refractivity contribution >= 4 is 0 Å². The van der Waals surface area contributed by atoms with Gasteiger partial charge in [0.25, 0.3) is 0 Å². The van der Waals surface area contributed by atoms with Crippen LogP contribution in [0.4, 0.5) is 0 Å². The van der Waals surface area contributed by atoms with Crippen LogP contribution in [0, 0.1) is 11.8 Å². The largest absolute Gasteiger partial charge is 0.387 e. The number of hydrogen-bond acceptors (Lipinski definition) is 2. The summed E-state index contributed by atoms with van der Waals surface area (Å²) in [7, 11) is 1.64. The Morgan fingerprint density at radius 2 is 1.77 bits per heavy atom. The lowest BCUT2D eigenvalue weighted by molar-refractivity contribution is -0.0727. The van der Waals surface area contributed by atoms with Crippen molar-refractivity contribution in [2.45, 2.75) is 46.1 Å². The summed E-state index contributed by atoms with van der Waals surface area (Å²) >= 11 is 0. The van der Waals surface area contributed by atoms with E-state index in [1.807, 2.05) is 13.8 Å². The summed E-state index contributed by atoms with van der Waals surface area (Å²) in [5, 5.41) is 10.2.